The van der Waals surface area contributed by atoms with Crippen molar-refractivity contribution in [1.82, 2.24) is 0 Å². The van der Waals surface area contributed by atoms with E-state index in [9.17, 15) is 9.59 Å². The Morgan fingerprint density at radius 3 is 2.76 bits per heavy atom. The van der Waals surface area contributed by atoms with Gasteiger partial charge in [-0.05, 0) is 30.3 Å². The minimum absolute atomic E-state index is 0.0838. The van der Waals surface area contributed by atoms with E-state index in [-0.39, 0.29) is 24.1 Å². The Balaban J connectivity index is 1.71. The molecule has 1 amide bonds. The number of benzene rings is 2. The molecule has 0 saturated carbocycles. The highest BCUT2D eigenvalue weighted by Crippen LogP contribution is 2.31. The number of thioether (sulfide) groups is 1. The molecule has 150 valence electrons. The van der Waals surface area contributed by atoms with Crippen molar-refractivity contribution in [1.29, 1.82) is 0 Å². The molecule has 7 nitrogen and oxygen atoms in total. The lowest BCUT2D eigenvalue weighted by atomic mass is 10.2. The molecule has 0 bridgehead atoms. The van der Waals surface area contributed by atoms with Gasteiger partial charge in [-0.3, -0.25) is 9.59 Å². The fourth-order valence-electron chi connectivity index (χ4n) is 2.62. The Kier molecular flexibility index (Phi) is 6.91. The second-order valence-corrected chi connectivity index (χ2v) is 7.08. The number of nitrogens with one attached hydrogen (secondary N) is 2. The molecule has 1 aliphatic rings. The first-order valence-corrected chi connectivity index (χ1v) is 9.85. The first-order valence-electron chi connectivity index (χ1n) is 8.86. The van der Waals surface area contributed by atoms with E-state index < -0.39 is 0 Å². The monoisotopic (exact) mass is 411 g/mol. The molecule has 0 spiro atoms. The van der Waals surface area contributed by atoms with Crippen LogP contribution in [0.25, 0.3) is 0 Å². The van der Waals surface area contributed by atoms with E-state index in [1.165, 1.54) is 18.9 Å². The van der Waals surface area contributed by atoms with Crippen molar-refractivity contribution >= 4 is 45.7 Å². The molecule has 29 heavy (non-hydrogen) atoms. The molecule has 0 saturated heterocycles. The summed E-state index contributed by atoms with van der Waals surface area (Å²) in [6.45, 7) is 0. The SMILES string of the molecule is COC(=O)CC1=CC(SCC(=O)Nc2cccc(OC)c2)=Nc2ccccc2N1. The largest absolute Gasteiger partial charge is 0.497 e. The van der Waals surface area contributed by atoms with Gasteiger partial charge in [-0.1, -0.05) is 30.0 Å². The molecule has 1 heterocycles. The van der Waals surface area contributed by atoms with Crippen molar-refractivity contribution in [2.24, 2.45) is 4.99 Å². The van der Waals surface area contributed by atoms with E-state index in [0.29, 0.717) is 22.2 Å². The molecule has 0 unspecified atom stereocenters. The summed E-state index contributed by atoms with van der Waals surface area (Å²) in [5.41, 5.74) is 2.84. The molecule has 0 fully saturated rings. The van der Waals surface area contributed by atoms with Crippen LogP contribution in [0.2, 0.25) is 0 Å². The highest BCUT2D eigenvalue weighted by atomic mass is 32.2. The fraction of sp³-hybridized carbons (Fsp3) is 0.190. The first kappa shape index (κ1) is 20.5. The quantitative estimate of drug-likeness (QED) is 0.699. The van der Waals surface area contributed by atoms with E-state index in [1.807, 2.05) is 30.3 Å². The van der Waals surface area contributed by atoms with Gasteiger partial charge < -0.3 is 20.1 Å². The Hall–Kier alpha value is -3.26. The van der Waals surface area contributed by atoms with Crippen molar-refractivity contribution in [3.05, 3.63) is 60.3 Å². The van der Waals surface area contributed by atoms with Crippen LogP contribution in [-0.4, -0.2) is 36.9 Å². The van der Waals surface area contributed by atoms with Gasteiger partial charge >= 0.3 is 5.97 Å². The van der Waals surface area contributed by atoms with E-state index in [4.69, 9.17) is 9.47 Å². The molecule has 2 aromatic carbocycles. The van der Waals surface area contributed by atoms with Crippen LogP contribution in [0, 0.1) is 0 Å². The van der Waals surface area contributed by atoms with Gasteiger partial charge in [-0.25, -0.2) is 4.99 Å². The standard InChI is InChI=1S/C21H21N3O4S/c1-27-16-7-5-6-14(10-16)23-19(25)13-29-20-11-15(12-21(26)28-2)22-17-8-3-4-9-18(17)24-20/h3-11,22H,12-13H2,1-2H3,(H,23,25). The Labute approximate surface area is 173 Å². The number of anilines is 2. The van der Waals surface area contributed by atoms with Gasteiger partial charge in [0.2, 0.25) is 5.91 Å². The second-order valence-electron chi connectivity index (χ2n) is 6.08. The van der Waals surface area contributed by atoms with Crippen LogP contribution in [0.15, 0.2) is 65.3 Å². The molecule has 0 aromatic heterocycles. The van der Waals surface area contributed by atoms with Crippen molar-refractivity contribution in [2.45, 2.75) is 6.42 Å². The van der Waals surface area contributed by atoms with E-state index in [0.717, 1.165) is 11.4 Å². The number of para-hydroxylation sites is 2. The maximum Gasteiger partial charge on any atom is 0.311 e. The minimum Gasteiger partial charge on any atom is -0.497 e. The van der Waals surface area contributed by atoms with Crippen LogP contribution in [0.4, 0.5) is 17.1 Å². The minimum atomic E-state index is -0.358. The smallest absolute Gasteiger partial charge is 0.311 e. The number of ether oxygens (including phenoxy) is 2. The van der Waals surface area contributed by atoms with Crippen LogP contribution in [0.3, 0.4) is 0 Å². The molecule has 2 aromatic rings. The zero-order chi connectivity index (χ0) is 20.6. The number of esters is 1. The summed E-state index contributed by atoms with van der Waals surface area (Å²) in [5, 5.41) is 6.68. The average Bonchev–Trinajstić information content (AvgIpc) is 2.90. The Bertz CT molecular complexity index is 972. The maximum atomic E-state index is 12.4. The molecule has 0 atom stereocenters. The van der Waals surface area contributed by atoms with E-state index >= 15 is 0 Å². The summed E-state index contributed by atoms with van der Waals surface area (Å²) in [4.78, 5) is 28.7. The number of aliphatic imine (C=N–C) groups is 1. The molecule has 0 radical (unpaired) electrons. The summed E-state index contributed by atoms with van der Waals surface area (Å²) in [6.07, 6.45) is 1.85. The van der Waals surface area contributed by atoms with Crippen LogP contribution in [0.5, 0.6) is 5.75 Å². The van der Waals surface area contributed by atoms with E-state index in [2.05, 4.69) is 15.6 Å². The van der Waals surface area contributed by atoms with Crippen LogP contribution >= 0.6 is 11.8 Å². The van der Waals surface area contributed by atoms with Crippen LogP contribution < -0.4 is 15.4 Å². The lowest BCUT2D eigenvalue weighted by Crippen LogP contribution is -2.15. The normalized spacial score (nSPS) is 12.5. The topological polar surface area (TPSA) is 89.0 Å². The maximum absolute atomic E-state index is 12.4. The third-order valence-corrected chi connectivity index (χ3v) is 4.91. The third-order valence-electron chi connectivity index (χ3n) is 3.99. The number of carbonyl (C=O) groups is 2. The lowest BCUT2D eigenvalue weighted by molar-refractivity contribution is -0.139. The van der Waals surface area contributed by atoms with Crippen molar-refractivity contribution in [2.75, 3.05) is 30.6 Å². The molecular formula is C21H21N3O4S. The summed E-state index contributed by atoms with van der Waals surface area (Å²) in [5.74, 6) is 0.310. The lowest BCUT2D eigenvalue weighted by Gasteiger charge is -2.09. The fourth-order valence-corrected chi connectivity index (χ4v) is 3.36. The number of methoxy groups -OCH3 is 2. The van der Waals surface area contributed by atoms with Crippen molar-refractivity contribution < 1.29 is 19.1 Å². The summed E-state index contributed by atoms with van der Waals surface area (Å²) in [6, 6.07) is 14.7. The molecule has 1 aliphatic heterocycles. The van der Waals surface area contributed by atoms with Gasteiger partial charge in [0, 0.05) is 17.5 Å². The molecule has 8 heteroatoms. The summed E-state index contributed by atoms with van der Waals surface area (Å²) < 4.78 is 9.92. The predicted octanol–water partition coefficient (Wildman–Crippen LogP) is 3.97. The highest BCUT2D eigenvalue weighted by Gasteiger charge is 2.15. The van der Waals surface area contributed by atoms with Gasteiger partial charge in [0.05, 0.1) is 42.8 Å². The van der Waals surface area contributed by atoms with Crippen LogP contribution in [-0.2, 0) is 14.3 Å². The summed E-state index contributed by atoms with van der Waals surface area (Å²) >= 11 is 1.29. The number of hydrogen-bond donors (Lipinski definition) is 2. The van der Waals surface area contributed by atoms with Gasteiger partial charge in [0.15, 0.2) is 0 Å². The van der Waals surface area contributed by atoms with Gasteiger partial charge in [-0.2, -0.15) is 0 Å². The van der Waals surface area contributed by atoms with Crippen LogP contribution in [0.1, 0.15) is 6.42 Å². The van der Waals surface area contributed by atoms with Crippen molar-refractivity contribution in [3.63, 3.8) is 0 Å². The zero-order valence-electron chi connectivity index (χ0n) is 16.1. The van der Waals surface area contributed by atoms with Gasteiger partial charge in [0.1, 0.15) is 5.75 Å². The highest BCUT2D eigenvalue weighted by molar-refractivity contribution is 8.14. The van der Waals surface area contributed by atoms with Crippen molar-refractivity contribution in [3.8, 4) is 5.75 Å². The van der Waals surface area contributed by atoms with E-state index in [1.54, 1.807) is 31.4 Å². The number of nitrogens with zero attached hydrogens (tertiary/aromatic N) is 1. The number of hydrogen-bond acceptors (Lipinski definition) is 7. The average molecular weight is 411 g/mol. The zero-order valence-corrected chi connectivity index (χ0v) is 16.9. The number of amides is 1. The second kappa shape index (κ2) is 9.79. The Morgan fingerprint density at radius 2 is 1.97 bits per heavy atom. The number of rotatable bonds is 6. The molecule has 2 N–H and O–H groups in total. The van der Waals surface area contributed by atoms with Gasteiger partial charge in [0.25, 0.3) is 0 Å². The number of fused-ring (bicyclic) bond motifs is 1. The third kappa shape index (κ3) is 5.86. The summed E-state index contributed by atoms with van der Waals surface area (Å²) in [7, 11) is 2.92. The molecular weight excluding hydrogens is 390 g/mol. The predicted molar refractivity (Wildman–Crippen MR) is 116 cm³/mol. The molecule has 0 aliphatic carbocycles. The first-order chi connectivity index (χ1) is 14.1. The Morgan fingerprint density at radius 1 is 1.14 bits per heavy atom. The molecule has 3 rings (SSSR count). The van der Waals surface area contributed by atoms with Gasteiger partial charge in [-0.15, -0.1) is 0 Å². The number of carbonyl (C=O) groups excluding carboxylic acids is 2.